The lowest BCUT2D eigenvalue weighted by atomic mass is 10.0. The Morgan fingerprint density at radius 3 is 2.70 bits per heavy atom. The van der Waals surface area contributed by atoms with Crippen LogP contribution in [-0.2, 0) is 0 Å². The van der Waals surface area contributed by atoms with Crippen LogP contribution in [0.25, 0.3) is 0 Å². The van der Waals surface area contributed by atoms with Gasteiger partial charge >= 0.3 is 0 Å². The highest BCUT2D eigenvalue weighted by atomic mass is 16.5. The lowest BCUT2D eigenvalue weighted by Crippen LogP contribution is -2.14. The van der Waals surface area contributed by atoms with Crippen molar-refractivity contribution < 1.29 is 4.74 Å². The van der Waals surface area contributed by atoms with E-state index >= 15 is 0 Å². The van der Waals surface area contributed by atoms with E-state index in [0.29, 0.717) is 6.04 Å². The number of nitrogens with two attached hydrogens (primary N) is 1. The lowest BCUT2D eigenvalue weighted by Gasteiger charge is -2.16. The minimum Gasteiger partial charge on any atom is -0.491 e. The van der Waals surface area contributed by atoms with E-state index in [1.807, 2.05) is 12.1 Å². The SMILES string of the molecule is CCCOc1cccc(NC2C3C4CCC(C4)C23)c1N. The van der Waals surface area contributed by atoms with Gasteiger partial charge in [0.25, 0.3) is 0 Å². The van der Waals surface area contributed by atoms with Gasteiger partial charge < -0.3 is 15.8 Å². The van der Waals surface area contributed by atoms with Gasteiger partial charge in [0.2, 0.25) is 0 Å². The Balaban J connectivity index is 1.47. The highest BCUT2D eigenvalue weighted by molar-refractivity contribution is 5.73. The minimum absolute atomic E-state index is 0.671. The smallest absolute Gasteiger partial charge is 0.144 e. The van der Waals surface area contributed by atoms with Crippen LogP contribution in [0.2, 0.25) is 0 Å². The maximum atomic E-state index is 6.25. The first kappa shape index (κ1) is 12.4. The van der Waals surface area contributed by atoms with E-state index in [2.05, 4.69) is 18.3 Å². The Morgan fingerprint density at radius 1 is 1.25 bits per heavy atom. The van der Waals surface area contributed by atoms with Gasteiger partial charge in [-0.1, -0.05) is 13.0 Å². The summed E-state index contributed by atoms with van der Waals surface area (Å²) in [6.07, 6.45) is 5.41. The van der Waals surface area contributed by atoms with Gasteiger partial charge in [0.05, 0.1) is 18.0 Å². The number of para-hydroxylation sites is 1. The van der Waals surface area contributed by atoms with Gasteiger partial charge in [-0.25, -0.2) is 0 Å². The number of hydrogen-bond donors (Lipinski definition) is 2. The van der Waals surface area contributed by atoms with Crippen molar-refractivity contribution in [2.45, 2.75) is 38.6 Å². The van der Waals surface area contributed by atoms with Crippen molar-refractivity contribution in [1.29, 1.82) is 0 Å². The number of anilines is 2. The average molecular weight is 272 g/mol. The Kier molecular flexibility index (Phi) is 2.83. The Hall–Kier alpha value is -1.38. The fourth-order valence-corrected chi connectivity index (χ4v) is 4.71. The number of rotatable bonds is 5. The molecule has 20 heavy (non-hydrogen) atoms. The van der Waals surface area contributed by atoms with Gasteiger partial charge in [-0.05, 0) is 61.5 Å². The Bertz CT molecular complexity index is 500. The molecule has 0 amide bonds. The zero-order valence-corrected chi connectivity index (χ0v) is 12.1. The number of nitrogen functional groups attached to an aromatic ring is 1. The second-order valence-corrected chi connectivity index (χ2v) is 6.72. The molecule has 0 aliphatic heterocycles. The van der Waals surface area contributed by atoms with E-state index in [0.717, 1.165) is 53.8 Å². The molecule has 0 radical (unpaired) electrons. The van der Waals surface area contributed by atoms with Gasteiger partial charge in [-0.2, -0.15) is 0 Å². The van der Waals surface area contributed by atoms with Crippen molar-refractivity contribution in [3.63, 3.8) is 0 Å². The first-order valence-electron chi connectivity index (χ1n) is 8.07. The first-order chi connectivity index (χ1) is 9.79. The number of benzene rings is 1. The first-order valence-corrected chi connectivity index (χ1v) is 8.07. The quantitative estimate of drug-likeness (QED) is 0.806. The molecule has 108 valence electrons. The average Bonchev–Trinajstić information content (AvgIpc) is 2.84. The van der Waals surface area contributed by atoms with Crippen LogP contribution in [0.3, 0.4) is 0 Å². The third-order valence-electron chi connectivity index (χ3n) is 5.59. The molecule has 0 aromatic heterocycles. The van der Waals surface area contributed by atoms with E-state index in [-0.39, 0.29) is 0 Å². The predicted octanol–water partition coefficient (Wildman–Crippen LogP) is 3.51. The largest absolute Gasteiger partial charge is 0.491 e. The van der Waals surface area contributed by atoms with Crippen LogP contribution in [0, 0.1) is 23.7 Å². The number of fused-ring (bicyclic) bond motifs is 5. The zero-order valence-electron chi connectivity index (χ0n) is 12.1. The summed E-state index contributed by atoms with van der Waals surface area (Å²) >= 11 is 0. The van der Waals surface area contributed by atoms with Gasteiger partial charge in [-0.3, -0.25) is 0 Å². The van der Waals surface area contributed by atoms with Crippen LogP contribution in [0.15, 0.2) is 18.2 Å². The summed E-state index contributed by atoms with van der Waals surface area (Å²) in [6, 6.07) is 6.76. The summed E-state index contributed by atoms with van der Waals surface area (Å²) < 4.78 is 5.71. The second-order valence-electron chi connectivity index (χ2n) is 6.72. The maximum absolute atomic E-state index is 6.25. The van der Waals surface area contributed by atoms with E-state index in [4.69, 9.17) is 10.5 Å². The zero-order chi connectivity index (χ0) is 13.7. The van der Waals surface area contributed by atoms with Gasteiger partial charge in [0.15, 0.2) is 0 Å². The molecule has 4 unspecified atom stereocenters. The summed E-state index contributed by atoms with van der Waals surface area (Å²) in [5.74, 6) is 4.65. The molecule has 3 nitrogen and oxygen atoms in total. The van der Waals surface area contributed by atoms with E-state index in [1.54, 1.807) is 0 Å². The van der Waals surface area contributed by atoms with Gasteiger partial charge in [0, 0.05) is 6.04 Å². The molecule has 3 heteroatoms. The topological polar surface area (TPSA) is 47.3 Å². The molecular weight excluding hydrogens is 248 g/mol. The fraction of sp³-hybridized carbons (Fsp3) is 0.647. The standard InChI is InChI=1S/C17H24N2O/c1-2-8-20-13-5-3-4-12(16(13)18)19-17-14-10-6-7-11(9-10)15(14)17/h3-5,10-11,14-15,17,19H,2,6-9,18H2,1H3. The van der Waals surface area contributed by atoms with Crippen molar-refractivity contribution in [3.05, 3.63) is 18.2 Å². The normalized spacial score (nSPS) is 36.8. The number of ether oxygens (including phenoxy) is 1. The monoisotopic (exact) mass is 272 g/mol. The molecule has 0 heterocycles. The molecule has 4 rings (SSSR count). The molecule has 0 spiro atoms. The summed E-state index contributed by atoms with van der Waals surface area (Å²) in [5, 5.41) is 3.70. The molecule has 3 fully saturated rings. The highest BCUT2D eigenvalue weighted by Gasteiger charge is 2.65. The molecule has 3 saturated carbocycles. The maximum Gasteiger partial charge on any atom is 0.144 e. The van der Waals surface area contributed by atoms with E-state index < -0.39 is 0 Å². The molecule has 1 aromatic rings. The Labute approximate surface area is 120 Å². The van der Waals surface area contributed by atoms with Crippen LogP contribution in [0.4, 0.5) is 11.4 Å². The summed E-state index contributed by atoms with van der Waals surface area (Å²) in [5.41, 5.74) is 8.09. The number of nitrogens with one attached hydrogen (secondary N) is 1. The summed E-state index contributed by atoms with van der Waals surface area (Å²) in [6.45, 7) is 2.84. The number of hydrogen-bond acceptors (Lipinski definition) is 3. The van der Waals surface area contributed by atoms with Gasteiger partial charge in [0.1, 0.15) is 5.75 Å². The lowest BCUT2D eigenvalue weighted by molar-refractivity contribution is 0.319. The van der Waals surface area contributed by atoms with Crippen LogP contribution >= 0.6 is 0 Å². The predicted molar refractivity (Wildman–Crippen MR) is 81.9 cm³/mol. The van der Waals surface area contributed by atoms with Crippen LogP contribution in [0.5, 0.6) is 5.75 Å². The molecule has 3 aliphatic rings. The molecule has 3 aliphatic carbocycles. The fourth-order valence-electron chi connectivity index (χ4n) is 4.71. The summed E-state index contributed by atoms with van der Waals surface area (Å²) in [4.78, 5) is 0. The van der Waals surface area contributed by atoms with Crippen molar-refractivity contribution in [2.75, 3.05) is 17.7 Å². The van der Waals surface area contributed by atoms with Crippen molar-refractivity contribution in [1.82, 2.24) is 0 Å². The molecule has 4 atom stereocenters. The molecule has 1 aromatic carbocycles. The van der Waals surface area contributed by atoms with Crippen molar-refractivity contribution >= 4 is 11.4 Å². The van der Waals surface area contributed by atoms with Crippen molar-refractivity contribution in [2.24, 2.45) is 23.7 Å². The summed E-state index contributed by atoms with van der Waals surface area (Å²) in [7, 11) is 0. The second kappa shape index (κ2) is 4.57. The highest BCUT2D eigenvalue weighted by Crippen LogP contribution is 2.66. The third-order valence-corrected chi connectivity index (χ3v) is 5.59. The van der Waals surface area contributed by atoms with E-state index in [1.165, 1.54) is 19.3 Å². The molecule has 2 bridgehead atoms. The third kappa shape index (κ3) is 1.79. The molecule has 3 N–H and O–H groups in total. The molecular formula is C17H24N2O. The van der Waals surface area contributed by atoms with Gasteiger partial charge in [-0.15, -0.1) is 0 Å². The van der Waals surface area contributed by atoms with Crippen LogP contribution < -0.4 is 15.8 Å². The van der Waals surface area contributed by atoms with Crippen LogP contribution in [-0.4, -0.2) is 12.6 Å². The molecule has 0 saturated heterocycles. The Morgan fingerprint density at radius 2 is 2.00 bits per heavy atom. The van der Waals surface area contributed by atoms with E-state index in [9.17, 15) is 0 Å². The van der Waals surface area contributed by atoms with Crippen LogP contribution in [0.1, 0.15) is 32.6 Å². The minimum atomic E-state index is 0.671. The van der Waals surface area contributed by atoms with Crippen molar-refractivity contribution in [3.8, 4) is 5.75 Å².